The molecule has 27 heavy (non-hydrogen) atoms. The van der Waals surface area contributed by atoms with Gasteiger partial charge in [-0.2, -0.15) is 0 Å². The molecule has 0 aliphatic carbocycles. The van der Waals surface area contributed by atoms with E-state index in [1.165, 1.54) is 17.4 Å². The predicted molar refractivity (Wildman–Crippen MR) is 99.4 cm³/mol. The van der Waals surface area contributed by atoms with Crippen molar-refractivity contribution < 1.29 is 23.5 Å². The number of ketones is 1. The summed E-state index contributed by atoms with van der Waals surface area (Å²) in [5, 5.41) is 10.8. The first-order valence-corrected chi connectivity index (χ1v) is 8.95. The van der Waals surface area contributed by atoms with Crippen LogP contribution in [0.1, 0.15) is 23.1 Å². The molecule has 1 fully saturated rings. The fourth-order valence-electron chi connectivity index (χ4n) is 3.12. The van der Waals surface area contributed by atoms with Crippen LogP contribution in [0.4, 0.5) is 0 Å². The first kappa shape index (κ1) is 17.4. The van der Waals surface area contributed by atoms with E-state index < -0.39 is 17.7 Å². The van der Waals surface area contributed by atoms with Crippen molar-refractivity contribution in [3.63, 3.8) is 0 Å². The van der Waals surface area contributed by atoms with Gasteiger partial charge in [0.1, 0.15) is 23.3 Å². The Morgan fingerprint density at radius 2 is 1.74 bits per heavy atom. The van der Waals surface area contributed by atoms with Gasteiger partial charge in [-0.05, 0) is 36.4 Å². The van der Waals surface area contributed by atoms with Crippen LogP contribution >= 0.6 is 15.9 Å². The minimum absolute atomic E-state index is 0.0103. The zero-order valence-electron chi connectivity index (χ0n) is 14.0. The number of amides is 1. The van der Waals surface area contributed by atoms with Crippen molar-refractivity contribution in [3.8, 4) is 0 Å². The van der Waals surface area contributed by atoms with Crippen molar-refractivity contribution in [1.82, 2.24) is 4.90 Å². The lowest BCUT2D eigenvalue weighted by Gasteiger charge is -2.22. The van der Waals surface area contributed by atoms with Gasteiger partial charge in [0, 0.05) is 10.0 Å². The molecule has 1 aliphatic rings. The number of hydrogen-bond donors (Lipinski definition) is 1. The Bertz CT molecular complexity index is 1000. The maximum Gasteiger partial charge on any atom is 0.296 e. The molecule has 3 aromatic rings. The molecule has 0 spiro atoms. The second-order valence-electron chi connectivity index (χ2n) is 6.03. The average Bonchev–Trinajstić information content (AvgIpc) is 3.40. The van der Waals surface area contributed by atoms with Crippen molar-refractivity contribution in [2.24, 2.45) is 0 Å². The highest BCUT2D eigenvalue weighted by Gasteiger charge is 2.47. The third kappa shape index (κ3) is 3.10. The predicted octanol–water partition coefficient (Wildman–Crippen LogP) is 4.26. The number of rotatable bonds is 4. The van der Waals surface area contributed by atoms with Gasteiger partial charge in [0.2, 0.25) is 0 Å². The summed E-state index contributed by atoms with van der Waals surface area (Å²) >= 11 is 3.33. The van der Waals surface area contributed by atoms with Gasteiger partial charge < -0.3 is 18.8 Å². The summed E-state index contributed by atoms with van der Waals surface area (Å²) in [5.74, 6) is -0.810. The number of benzene rings is 1. The highest BCUT2D eigenvalue weighted by atomic mass is 79.9. The fraction of sp³-hybridized carbons (Fsp3) is 0.100. The van der Waals surface area contributed by atoms with E-state index in [-0.39, 0.29) is 17.9 Å². The fourth-order valence-corrected chi connectivity index (χ4v) is 3.38. The van der Waals surface area contributed by atoms with Crippen LogP contribution in [-0.2, 0) is 16.1 Å². The summed E-state index contributed by atoms with van der Waals surface area (Å²) in [6.07, 6.45) is 2.96. The summed E-state index contributed by atoms with van der Waals surface area (Å²) in [7, 11) is 0. The molecule has 0 bridgehead atoms. The molecule has 1 unspecified atom stereocenters. The highest BCUT2D eigenvalue weighted by Crippen LogP contribution is 2.40. The highest BCUT2D eigenvalue weighted by molar-refractivity contribution is 9.10. The molecule has 1 atom stereocenters. The molecule has 1 saturated heterocycles. The second-order valence-corrected chi connectivity index (χ2v) is 6.94. The van der Waals surface area contributed by atoms with Crippen LogP contribution in [0.25, 0.3) is 5.76 Å². The molecule has 1 aromatic carbocycles. The Balaban J connectivity index is 1.83. The minimum atomic E-state index is -0.839. The molecular formula is C20H14BrNO5. The third-order valence-electron chi connectivity index (χ3n) is 4.38. The summed E-state index contributed by atoms with van der Waals surface area (Å²) in [6, 6.07) is 12.7. The first-order valence-electron chi connectivity index (χ1n) is 8.16. The largest absolute Gasteiger partial charge is 0.507 e. The minimum Gasteiger partial charge on any atom is -0.507 e. The molecule has 0 radical (unpaired) electrons. The van der Waals surface area contributed by atoms with Gasteiger partial charge >= 0.3 is 0 Å². The number of likely N-dealkylation sites (tertiary alicyclic amines) is 1. The number of nitrogens with zero attached hydrogens (tertiary/aromatic N) is 1. The third-order valence-corrected chi connectivity index (χ3v) is 4.91. The zero-order valence-corrected chi connectivity index (χ0v) is 15.5. The van der Waals surface area contributed by atoms with Crippen LogP contribution in [-0.4, -0.2) is 21.7 Å². The molecule has 3 heterocycles. The number of carbonyl (C=O) groups is 2. The Kier molecular flexibility index (Phi) is 4.45. The van der Waals surface area contributed by atoms with Gasteiger partial charge in [-0.25, -0.2) is 0 Å². The Hall–Kier alpha value is -3.06. The van der Waals surface area contributed by atoms with Gasteiger partial charge in [-0.3, -0.25) is 9.59 Å². The molecule has 4 rings (SSSR count). The van der Waals surface area contributed by atoms with Crippen LogP contribution in [0.3, 0.4) is 0 Å². The second kappa shape index (κ2) is 6.92. The number of furan rings is 2. The summed E-state index contributed by atoms with van der Waals surface area (Å²) in [6.45, 7) is 0.0834. The van der Waals surface area contributed by atoms with Gasteiger partial charge in [0.15, 0.2) is 0 Å². The molecule has 7 heteroatoms. The Morgan fingerprint density at radius 1 is 1.04 bits per heavy atom. The van der Waals surface area contributed by atoms with Gasteiger partial charge in [0.05, 0.1) is 24.6 Å². The van der Waals surface area contributed by atoms with E-state index in [4.69, 9.17) is 8.83 Å². The topological polar surface area (TPSA) is 83.9 Å². The van der Waals surface area contributed by atoms with E-state index >= 15 is 0 Å². The zero-order chi connectivity index (χ0) is 19.0. The van der Waals surface area contributed by atoms with E-state index in [1.807, 2.05) is 0 Å². The number of Topliss-reactive ketones (excluding diaryl/α,β-unsaturated/α-hetero) is 1. The number of halogens is 1. The first-order chi connectivity index (χ1) is 13.1. The molecule has 2 aromatic heterocycles. The molecule has 1 N–H and O–H groups in total. The van der Waals surface area contributed by atoms with Crippen LogP contribution in [0.2, 0.25) is 0 Å². The lowest BCUT2D eigenvalue weighted by atomic mass is 9.99. The maximum atomic E-state index is 12.7. The van der Waals surface area contributed by atoms with Crippen molar-refractivity contribution in [1.29, 1.82) is 0 Å². The number of aliphatic hydroxyl groups is 1. The van der Waals surface area contributed by atoms with Crippen molar-refractivity contribution in [2.75, 3.05) is 0 Å². The smallest absolute Gasteiger partial charge is 0.296 e. The van der Waals surface area contributed by atoms with Crippen LogP contribution < -0.4 is 0 Å². The maximum absolute atomic E-state index is 12.7. The van der Waals surface area contributed by atoms with Crippen molar-refractivity contribution >= 4 is 33.4 Å². The van der Waals surface area contributed by atoms with E-state index in [2.05, 4.69) is 15.9 Å². The quantitative estimate of drug-likeness (QED) is 0.382. The van der Waals surface area contributed by atoms with Gasteiger partial charge in [0.25, 0.3) is 11.7 Å². The molecule has 1 amide bonds. The van der Waals surface area contributed by atoms with E-state index in [0.29, 0.717) is 17.1 Å². The lowest BCUT2D eigenvalue weighted by molar-refractivity contribution is -0.140. The van der Waals surface area contributed by atoms with Crippen LogP contribution in [0.15, 0.2) is 79.9 Å². The SMILES string of the molecule is O=C1C(=O)N(Cc2ccco2)C(c2ccco2)C1=C(O)c1ccc(Br)cc1. The van der Waals surface area contributed by atoms with E-state index in [9.17, 15) is 14.7 Å². The van der Waals surface area contributed by atoms with Crippen LogP contribution in [0, 0.1) is 0 Å². The number of aliphatic hydroxyl groups excluding tert-OH is 1. The monoisotopic (exact) mass is 427 g/mol. The summed E-state index contributed by atoms with van der Waals surface area (Å²) in [4.78, 5) is 26.8. The standard InChI is InChI=1S/C20H14BrNO5/c21-13-7-5-12(6-8-13)18(23)16-17(15-4-2-10-27-15)22(20(25)19(16)24)11-14-3-1-9-26-14/h1-10,17,23H,11H2. The number of carbonyl (C=O) groups excluding carboxylic acids is 2. The normalized spacial score (nSPS) is 19.0. The number of hydrogen-bond acceptors (Lipinski definition) is 5. The molecule has 136 valence electrons. The van der Waals surface area contributed by atoms with Gasteiger partial charge in [-0.15, -0.1) is 0 Å². The summed E-state index contributed by atoms with van der Waals surface area (Å²) in [5.41, 5.74) is 0.426. The molecule has 1 aliphatic heterocycles. The summed E-state index contributed by atoms with van der Waals surface area (Å²) < 4.78 is 11.6. The molecular weight excluding hydrogens is 414 g/mol. The van der Waals surface area contributed by atoms with Crippen LogP contribution in [0.5, 0.6) is 0 Å². The Labute approximate surface area is 162 Å². The van der Waals surface area contributed by atoms with E-state index in [0.717, 1.165) is 4.47 Å². The lowest BCUT2D eigenvalue weighted by Crippen LogP contribution is -2.28. The Morgan fingerprint density at radius 3 is 2.37 bits per heavy atom. The van der Waals surface area contributed by atoms with Crippen molar-refractivity contribution in [3.05, 3.63) is 88.2 Å². The molecule has 6 nitrogen and oxygen atoms in total. The van der Waals surface area contributed by atoms with Crippen molar-refractivity contribution in [2.45, 2.75) is 12.6 Å². The molecule has 0 saturated carbocycles. The van der Waals surface area contributed by atoms with Gasteiger partial charge in [-0.1, -0.05) is 28.1 Å². The van der Waals surface area contributed by atoms with E-state index in [1.54, 1.807) is 48.5 Å². The average molecular weight is 428 g/mol.